The van der Waals surface area contributed by atoms with Gasteiger partial charge in [0.15, 0.2) is 17.3 Å². The van der Waals surface area contributed by atoms with Crippen molar-refractivity contribution >= 4 is 23.3 Å². The van der Waals surface area contributed by atoms with Crippen molar-refractivity contribution in [1.82, 2.24) is 5.16 Å². The predicted octanol–water partition coefficient (Wildman–Crippen LogP) is 4.03. The number of hydrogen-bond donors (Lipinski definition) is 1. The lowest BCUT2D eigenvalue weighted by Gasteiger charge is -2.23. The Labute approximate surface area is 196 Å². The average molecular weight is 464 g/mol. The van der Waals surface area contributed by atoms with E-state index >= 15 is 0 Å². The van der Waals surface area contributed by atoms with Crippen LogP contribution in [0.5, 0.6) is 17.2 Å². The zero-order chi connectivity index (χ0) is 24.4. The quantitative estimate of drug-likeness (QED) is 0.317. The van der Waals surface area contributed by atoms with Crippen molar-refractivity contribution in [3.63, 3.8) is 0 Å². The minimum absolute atomic E-state index is 0.0925. The van der Waals surface area contributed by atoms with Gasteiger partial charge in [-0.1, -0.05) is 23.4 Å². The number of aryl methyl sites for hydroxylation is 1. The number of amides is 1. The van der Waals surface area contributed by atoms with Gasteiger partial charge >= 0.3 is 5.91 Å². The van der Waals surface area contributed by atoms with Gasteiger partial charge < -0.3 is 23.8 Å². The maximum absolute atomic E-state index is 13.2. The maximum Gasteiger partial charge on any atom is 0.301 e. The number of carbonyl (C=O) groups excluding carboxylic acids is 2. The van der Waals surface area contributed by atoms with Crippen LogP contribution in [-0.4, -0.2) is 42.8 Å². The number of aliphatic hydroxyl groups excluding tert-OH is 1. The lowest BCUT2D eigenvalue weighted by Crippen LogP contribution is -2.29. The maximum atomic E-state index is 13.2. The van der Waals surface area contributed by atoms with E-state index in [0.29, 0.717) is 40.7 Å². The summed E-state index contributed by atoms with van der Waals surface area (Å²) in [5, 5.41) is 15.2. The number of Topliss-reactive ketones (excluding diaryl/α,β-unsaturated/α-hetero) is 1. The lowest BCUT2D eigenvalue weighted by atomic mass is 9.95. The van der Waals surface area contributed by atoms with Crippen molar-refractivity contribution in [1.29, 1.82) is 0 Å². The second-order valence-electron chi connectivity index (χ2n) is 7.54. The van der Waals surface area contributed by atoms with E-state index in [4.69, 9.17) is 18.7 Å². The Morgan fingerprint density at radius 2 is 1.88 bits per heavy atom. The third-order valence-electron chi connectivity index (χ3n) is 5.45. The number of ketones is 1. The normalized spacial score (nSPS) is 17.2. The molecule has 1 aromatic heterocycles. The first-order valence-corrected chi connectivity index (χ1v) is 10.6. The fourth-order valence-corrected chi connectivity index (χ4v) is 3.91. The van der Waals surface area contributed by atoms with E-state index < -0.39 is 17.7 Å². The van der Waals surface area contributed by atoms with Gasteiger partial charge in [-0.3, -0.25) is 14.5 Å². The molecule has 1 saturated heterocycles. The highest BCUT2D eigenvalue weighted by Crippen LogP contribution is 2.44. The molecule has 0 unspecified atom stereocenters. The molecule has 0 saturated carbocycles. The molecule has 1 N–H and O–H groups in total. The predicted molar refractivity (Wildman–Crippen MR) is 123 cm³/mol. The number of nitrogens with zero attached hydrogens (tertiary/aromatic N) is 2. The van der Waals surface area contributed by atoms with Gasteiger partial charge in [0, 0.05) is 11.6 Å². The van der Waals surface area contributed by atoms with E-state index in [1.54, 1.807) is 55.5 Å². The summed E-state index contributed by atoms with van der Waals surface area (Å²) in [6, 6.07) is 12.2. The average Bonchev–Trinajstić information content (AvgIpc) is 3.39. The molecule has 34 heavy (non-hydrogen) atoms. The van der Waals surface area contributed by atoms with Crippen LogP contribution in [0.3, 0.4) is 0 Å². The topological polar surface area (TPSA) is 111 Å². The largest absolute Gasteiger partial charge is 0.507 e. The van der Waals surface area contributed by atoms with Crippen LogP contribution < -0.4 is 19.1 Å². The Hall–Kier alpha value is -4.27. The second kappa shape index (κ2) is 9.30. The van der Waals surface area contributed by atoms with Gasteiger partial charge in [-0.05, 0) is 43.7 Å². The molecule has 2 aromatic carbocycles. The molecule has 0 radical (unpaired) electrons. The number of ether oxygens (including phenoxy) is 3. The molecule has 1 aliphatic heterocycles. The van der Waals surface area contributed by atoms with Crippen LogP contribution in [0.1, 0.15) is 29.9 Å². The standard InChI is InChI=1S/C25H24N2O7/c1-5-33-18-10-9-15(13-19(18)32-4)22-21(23(28)16-7-6-8-17(12-16)31-3)24(29)25(30)27(22)20-11-14(2)34-26-20/h6-13,22,28H,5H2,1-4H3/t22-/m1/s1. The first kappa shape index (κ1) is 22.9. The molecule has 9 heteroatoms. The zero-order valence-electron chi connectivity index (χ0n) is 19.2. The lowest BCUT2D eigenvalue weighted by molar-refractivity contribution is -0.132. The molecule has 3 aromatic rings. The number of benzene rings is 2. The Morgan fingerprint density at radius 3 is 2.53 bits per heavy atom. The van der Waals surface area contributed by atoms with Gasteiger partial charge in [-0.25, -0.2) is 0 Å². The third-order valence-corrected chi connectivity index (χ3v) is 5.45. The Morgan fingerprint density at radius 1 is 1.09 bits per heavy atom. The molecule has 9 nitrogen and oxygen atoms in total. The molecule has 0 aliphatic carbocycles. The molecule has 1 aliphatic rings. The molecule has 2 heterocycles. The van der Waals surface area contributed by atoms with Crippen LogP contribution in [0.2, 0.25) is 0 Å². The smallest absolute Gasteiger partial charge is 0.301 e. The van der Waals surface area contributed by atoms with Crippen molar-refractivity contribution in [2.24, 2.45) is 0 Å². The van der Waals surface area contributed by atoms with Crippen LogP contribution in [-0.2, 0) is 9.59 Å². The van der Waals surface area contributed by atoms with E-state index in [9.17, 15) is 14.7 Å². The number of aromatic nitrogens is 1. The third kappa shape index (κ3) is 3.96. The van der Waals surface area contributed by atoms with Gasteiger partial charge in [-0.2, -0.15) is 0 Å². The zero-order valence-corrected chi connectivity index (χ0v) is 19.2. The van der Waals surface area contributed by atoms with Crippen molar-refractivity contribution in [2.45, 2.75) is 19.9 Å². The summed E-state index contributed by atoms with van der Waals surface area (Å²) in [5.74, 6) is 0.0187. The number of hydrogen-bond acceptors (Lipinski definition) is 8. The highest BCUT2D eigenvalue weighted by Gasteiger charge is 2.48. The van der Waals surface area contributed by atoms with Gasteiger partial charge in [0.05, 0.1) is 32.4 Å². The summed E-state index contributed by atoms with van der Waals surface area (Å²) in [5.41, 5.74) is 0.756. The SMILES string of the molecule is CCOc1ccc([C@@H]2C(=C(O)c3cccc(OC)c3)C(=O)C(=O)N2c2cc(C)on2)cc1OC. The van der Waals surface area contributed by atoms with Gasteiger partial charge in [0.1, 0.15) is 17.3 Å². The fourth-order valence-electron chi connectivity index (χ4n) is 3.91. The number of carbonyl (C=O) groups is 2. The summed E-state index contributed by atoms with van der Waals surface area (Å²) in [6.07, 6.45) is 0. The first-order chi connectivity index (χ1) is 16.4. The minimum atomic E-state index is -0.986. The second-order valence-corrected chi connectivity index (χ2v) is 7.54. The molecule has 176 valence electrons. The molecule has 1 amide bonds. The molecule has 1 fully saturated rings. The summed E-state index contributed by atoms with van der Waals surface area (Å²) in [6.45, 7) is 3.96. The van der Waals surface area contributed by atoms with E-state index in [-0.39, 0.29) is 17.2 Å². The van der Waals surface area contributed by atoms with E-state index in [2.05, 4.69) is 5.16 Å². The van der Waals surface area contributed by atoms with E-state index in [1.807, 2.05) is 6.92 Å². The fraction of sp³-hybridized carbons (Fsp3) is 0.240. The van der Waals surface area contributed by atoms with Crippen LogP contribution in [0.4, 0.5) is 5.82 Å². The van der Waals surface area contributed by atoms with Crippen LogP contribution in [0, 0.1) is 6.92 Å². The summed E-state index contributed by atoms with van der Waals surface area (Å²) >= 11 is 0. The van der Waals surface area contributed by atoms with Gasteiger partial charge in [0.25, 0.3) is 5.78 Å². The molecule has 0 bridgehead atoms. The van der Waals surface area contributed by atoms with Crippen molar-refractivity contribution in [2.75, 3.05) is 25.7 Å². The Kier molecular flexibility index (Phi) is 6.27. The van der Waals surface area contributed by atoms with Crippen molar-refractivity contribution < 1.29 is 33.4 Å². The monoisotopic (exact) mass is 464 g/mol. The van der Waals surface area contributed by atoms with Crippen LogP contribution in [0.15, 0.2) is 58.6 Å². The van der Waals surface area contributed by atoms with Crippen LogP contribution >= 0.6 is 0 Å². The number of anilines is 1. The highest BCUT2D eigenvalue weighted by molar-refractivity contribution is 6.51. The summed E-state index contributed by atoms with van der Waals surface area (Å²) in [7, 11) is 2.99. The Balaban J connectivity index is 1.94. The molecule has 4 rings (SSSR count). The van der Waals surface area contributed by atoms with Crippen molar-refractivity contribution in [3.05, 3.63) is 71.0 Å². The molecular formula is C25H24N2O7. The Bertz CT molecular complexity index is 1280. The molecule has 1 atom stereocenters. The highest BCUT2D eigenvalue weighted by atomic mass is 16.5. The van der Waals surface area contributed by atoms with Gasteiger partial charge in [0.2, 0.25) is 0 Å². The molecular weight excluding hydrogens is 440 g/mol. The first-order valence-electron chi connectivity index (χ1n) is 10.6. The molecule has 0 spiro atoms. The number of methoxy groups -OCH3 is 2. The van der Waals surface area contributed by atoms with E-state index in [1.165, 1.54) is 19.1 Å². The number of aliphatic hydroxyl groups is 1. The van der Waals surface area contributed by atoms with E-state index in [0.717, 1.165) is 0 Å². The van der Waals surface area contributed by atoms with Gasteiger partial charge in [-0.15, -0.1) is 0 Å². The summed E-state index contributed by atoms with van der Waals surface area (Å²) < 4.78 is 21.5. The van der Waals surface area contributed by atoms with Crippen LogP contribution in [0.25, 0.3) is 5.76 Å². The minimum Gasteiger partial charge on any atom is -0.507 e. The summed E-state index contributed by atoms with van der Waals surface area (Å²) in [4.78, 5) is 27.6. The number of rotatable bonds is 7. The van der Waals surface area contributed by atoms with Crippen molar-refractivity contribution in [3.8, 4) is 17.2 Å².